The topological polar surface area (TPSA) is 124 Å². The molecule has 0 saturated carbocycles. The van der Waals surface area contributed by atoms with Gasteiger partial charge in [0.15, 0.2) is 17.7 Å². The van der Waals surface area contributed by atoms with Crippen LogP contribution in [0.3, 0.4) is 0 Å². The molecule has 42 heavy (non-hydrogen) atoms. The molecule has 0 aliphatic heterocycles. The summed E-state index contributed by atoms with van der Waals surface area (Å²) in [6.45, 7) is 4.03. The van der Waals surface area contributed by atoms with Crippen LogP contribution in [0.2, 0.25) is 0 Å². The Morgan fingerprint density at radius 2 is 1.62 bits per heavy atom. The first kappa shape index (κ1) is 30.1. The molecule has 4 aromatic rings. The number of carbonyl (C=O) groups excluding carboxylic acids is 1. The van der Waals surface area contributed by atoms with Gasteiger partial charge in [-0.25, -0.2) is 13.6 Å². The third kappa shape index (κ3) is 7.88. The molecule has 10 heteroatoms. The summed E-state index contributed by atoms with van der Waals surface area (Å²) in [4.78, 5) is 28.1. The number of carboxylic acid groups (broad SMARTS) is 1. The van der Waals surface area contributed by atoms with Gasteiger partial charge in [0, 0.05) is 24.7 Å². The lowest BCUT2D eigenvalue weighted by Gasteiger charge is -2.17. The number of carboxylic acids is 1. The number of pyridine rings is 1. The highest BCUT2D eigenvalue weighted by molar-refractivity contribution is 5.94. The molecular weight excluding hydrogens is 544 g/mol. The van der Waals surface area contributed by atoms with E-state index < -0.39 is 35.5 Å². The van der Waals surface area contributed by atoms with Gasteiger partial charge in [-0.1, -0.05) is 50.2 Å². The lowest BCUT2D eigenvalue weighted by atomic mass is 10.0. The minimum Gasteiger partial charge on any atom is -0.479 e. The van der Waals surface area contributed by atoms with E-state index in [1.807, 2.05) is 36.4 Å². The number of aromatic nitrogens is 1. The lowest BCUT2D eigenvalue weighted by molar-refractivity contribution is -0.146. The third-order valence-corrected chi connectivity index (χ3v) is 6.25. The van der Waals surface area contributed by atoms with Crippen molar-refractivity contribution in [2.45, 2.75) is 39.5 Å². The van der Waals surface area contributed by atoms with E-state index in [0.29, 0.717) is 29.3 Å². The monoisotopic (exact) mass is 575 g/mol. The van der Waals surface area contributed by atoms with Crippen molar-refractivity contribution in [2.24, 2.45) is 11.7 Å². The highest BCUT2D eigenvalue weighted by atomic mass is 19.1. The Labute approximate surface area is 242 Å². The van der Waals surface area contributed by atoms with Gasteiger partial charge in [0.1, 0.15) is 5.75 Å². The Morgan fingerprint density at radius 3 is 2.31 bits per heavy atom. The van der Waals surface area contributed by atoms with Gasteiger partial charge in [0.2, 0.25) is 0 Å². The molecule has 1 heterocycles. The van der Waals surface area contributed by atoms with Crippen molar-refractivity contribution >= 4 is 11.9 Å². The fraction of sp³-hybridized carbons (Fsp3) is 0.219. The summed E-state index contributed by atoms with van der Waals surface area (Å²) in [5.74, 6) is -5.06. The molecule has 8 nitrogen and oxygen atoms in total. The number of benzene rings is 3. The van der Waals surface area contributed by atoms with Crippen LogP contribution in [0.4, 0.5) is 8.78 Å². The van der Waals surface area contributed by atoms with Crippen molar-refractivity contribution in [1.82, 2.24) is 10.3 Å². The van der Waals surface area contributed by atoms with Crippen LogP contribution < -0.4 is 20.5 Å². The first-order valence-corrected chi connectivity index (χ1v) is 13.3. The molecule has 0 saturated heterocycles. The first-order chi connectivity index (χ1) is 20.1. The van der Waals surface area contributed by atoms with E-state index in [4.69, 9.17) is 15.2 Å². The molecule has 0 aliphatic carbocycles. The number of ether oxygens (including phenoxy) is 2. The van der Waals surface area contributed by atoms with Crippen molar-refractivity contribution < 1.29 is 33.0 Å². The van der Waals surface area contributed by atoms with Crippen LogP contribution in [0.5, 0.6) is 17.5 Å². The van der Waals surface area contributed by atoms with Crippen molar-refractivity contribution in [3.05, 3.63) is 107 Å². The number of aliphatic carboxylic acids is 1. The largest absolute Gasteiger partial charge is 0.479 e. The maximum atomic E-state index is 14.8. The number of nitrogens with one attached hydrogen (secondary N) is 1. The number of halogens is 2. The number of nitrogens with two attached hydrogens (primary N) is 1. The number of hydrogen-bond acceptors (Lipinski definition) is 6. The maximum Gasteiger partial charge on any atom is 0.344 e. The molecular formula is C32H31F2N3O5. The lowest BCUT2D eigenvalue weighted by Crippen LogP contribution is -2.29. The van der Waals surface area contributed by atoms with Gasteiger partial charge in [0.05, 0.1) is 0 Å². The van der Waals surface area contributed by atoms with Crippen LogP contribution in [-0.2, 0) is 17.9 Å². The minimum absolute atomic E-state index is 0.0633. The summed E-state index contributed by atoms with van der Waals surface area (Å²) in [6, 6.07) is 21.8. The van der Waals surface area contributed by atoms with E-state index in [-0.39, 0.29) is 30.5 Å². The second-order valence-corrected chi connectivity index (χ2v) is 10.1. The number of hydrogen-bond donors (Lipinski definition) is 3. The molecule has 4 rings (SSSR count). The van der Waals surface area contributed by atoms with Crippen molar-refractivity contribution in [1.29, 1.82) is 0 Å². The molecule has 0 fully saturated rings. The SMILES string of the molecule is CC(C)CC(Oc1nc(Oc2cc(CNC(=O)c3ccccc3)cc(-c3cccc(CN)c3)c2)c(F)cc1F)C(=O)O. The minimum atomic E-state index is -1.39. The van der Waals surface area contributed by atoms with E-state index >= 15 is 0 Å². The highest BCUT2D eigenvalue weighted by Gasteiger charge is 2.25. The van der Waals surface area contributed by atoms with Gasteiger partial charge >= 0.3 is 5.97 Å². The van der Waals surface area contributed by atoms with Gasteiger partial charge in [0.25, 0.3) is 17.7 Å². The summed E-state index contributed by atoms with van der Waals surface area (Å²) in [5, 5.41) is 12.3. The molecule has 1 aromatic heterocycles. The van der Waals surface area contributed by atoms with Crippen LogP contribution in [-0.4, -0.2) is 28.1 Å². The first-order valence-electron chi connectivity index (χ1n) is 13.3. The predicted molar refractivity (Wildman–Crippen MR) is 153 cm³/mol. The molecule has 0 aliphatic rings. The molecule has 0 spiro atoms. The standard InChI is InChI=1S/C32H31F2N3O5/c1-19(2)11-28(32(39)40)42-31-27(34)16-26(33)30(37-31)41-25-14-21(18-36-29(38)22-8-4-3-5-9-22)13-24(15-25)23-10-6-7-20(12-23)17-35/h3-10,12-16,19,28H,11,17-18,35H2,1-2H3,(H,36,38)(H,39,40). The van der Waals surface area contributed by atoms with E-state index in [2.05, 4.69) is 10.3 Å². The third-order valence-electron chi connectivity index (χ3n) is 6.25. The fourth-order valence-electron chi connectivity index (χ4n) is 4.20. The van der Waals surface area contributed by atoms with Gasteiger partial charge in [-0.15, -0.1) is 0 Å². The maximum absolute atomic E-state index is 14.8. The zero-order valence-electron chi connectivity index (χ0n) is 23.1. The van der Waals surface area contributed by atoms with E-state index in [0.717, 1.165) is 11.1 Å². The molecule has 1 amide bonds. The Kier molecular flexibility index (Phi) is 9.82. The zero-order valence-corrected chi connectivity index (χ0v) is 23.1. The van der Waals surface area contributed by atoms with Gasteiger partial charge < -0.3 is 25.6 Å². The summed E-state index contributed by atoms with van der Waals surface area (Å²) in [5.41, 5.74) is 9.31. The van der Waals surface area contributed by atoms with Crippen molar-refractivity contribution in [3.8, 4) is 28.6 Å². The van der Waals surface area contributed by atoms with Crippen LogP contribution >= 0.6 is 0 Å². The molecule has 218 valence electrons. The van der Waals surface area contributed by atoms with Crippen molar-refractivity contribution in [2.75, 3.05) is 0 Å². The summed E-state index contributed by atoms with van der Waals surface area (Å²) >= 11 is 0. The second kappa shape index (κ2) is 13.7. The second-order valence-electron chi connectivity index (χ2n) is 10.1. The fourth-order valence-corrected chi connectivity index (χ4v) is 4.20. The normalized spacial score (nSPS) is 11.7. The number of amides is 1. The number of rotatable bonds is 12. The quantitative estimate of drug-likeness (QED) is 0.187. The van der Waals surface area contributed by atoms with E-state index in [1.54, 1.807) is 50.2 Å². The van der Waals surface area contributed by atoms with Gasteiger partial charge in [-0.2, -0.15) is 4.98 Å². The van der Waals surface area contributed by atoms with Crippen LogP contribution in [0.1, 0.15) is 41.8 Å². The Hall–Kier alpha value is -4.83. The van der Waals surface area contributed by atoms with E-state index in [1.165, 1.54) is 0 Å². The van der Waals surface area contributed by atoms with Crippen LogP contribution in [0.15, 0.2) is 78.9 Å². The summed E-state index contributed by atoms with van der Waals surface area (Å²) in [6.07, 6.45) is -1.30. The summed E-state index contributed by atoms with van der Waals surface area (Å²) in [7, 11) is 0. The van der Waals surface area contributed by atoms with Crippen LogP contribution in [0.25, 0.3) is 11.1 Å². The number of nitrogens with zero attached hydrogens (tertiary/aromatic N) is 1. The molecule has 0 bridgehead atoms. The molecule has 4 N–H and O–H groups in total. The molecule has 0 radical (unpaired) electrons. The zero-order chi connectivity index (χ0) is 30.2. The predicted octanol–water partition coefficient (Wildman–Crippen LogP) is 6.09. The average molecular weight is 576 g/mol. The molecule has 3 aromatic carbocycles. The van der Waals surface area contributed by atoms with E-state index in [9.17, 15) is 23.5 Å². The van der Waals surface area contributed by atoms with Crippen molar-refractivity contribution in [3.63, 3.8) is 0 Å². The molecule has 1 atom stereocenters. The Balaban J connectivity index is 1.67. The van der Waals surface area contributed by atoms with Gasteiger partial charge in [-0.3, -0.25) is 4.79 Å². The Morgan fingerprint density at radius 1 is 0.905 bits per heavy atom. The Bertz CT molecular complexity index is 1560. The number of carbonyl (C=O) groups is 2. The summed E-state index contributed by atoms with van der Waals surface area (Å²) < 4.78 is 40.4. The highest BCUT2D eigenvalue weighted by Crippen LogP contribution is 2.32. The van der Waals surface area contributed by atoms with Gasteiger partial charge in [-0.05, 0) is 71.0 Å². The smallest absolute Gasteiger partial charge is 0.344 e. The average Bonchev–Trinajstić information content (AvgIpc) is 2.98. The molecule has 1 unspecified atom stereocenters. The van der Waals surface area contributed by atoms with Crippen LogP contribution in [0, 0.1) is 17.6 Å².